The summed E-state index contributed by atoms with van der Waals surface area (Å²) in [4.78, 5) is 26.5. The van der Waals surface area contributed by atoms with Crippen molar-refractivity contribution in [3.05, 3.63) is 96.1 Å². The Bertz CT molecular complexity index is 943. The Balaban J connectivity index is 1.52. The molecule has 0 unspecified atom stereocenters. The molecule has 134 valence electrons. The summed E-state index contributed by atoms with van der Waals surface area (Å²) in [5.74, 6) is 0.434. The maximum atomic E-state index is 12.4. The van der Waals surface area contributed by atoms with E-state index in [1.54, 1.807) is 23.9 Å². The summed E-state index contributed by atoms with van der Waals surface area (Å²) in [6, 6.07) is 26.5. The summed E-state index contributed by atoms with van der Waals surface area (Å²) >= 11 is 1.61. The average molecular weight is 374 g/mol. The molecule has 3 aromatic carbocycles. The summed E-state index contributed by atoms with van der Waals surface area (Å²) in [5, 5.41) is 2.84. The molecule has 4 nitrogen and oxygen atoms in total. The van der Waals surface area contributed by atoms with E-state index in [1.807, 2.05) is 77.7 Å². The third-order valence-electron chi connectivity index (χ3n) is 4.39. The summed E-state index contributed by atoms with van der Waals surface area (Å²) < 4.78 is 0. The van der Waals surface area contributed by atoms with E-state index in [-0.39, 0.29) is 17.2 Å². The Kier molecular flexibility index (Phi) is 4.94. The third-order valence-corrected chi connectivity index (χ3v) is 5.60. The van der Waals surface area contributed by atoms with Gasteiger partial charge >= 0.3 is 0 Å². The number of benzene rings is 3. The lowest BCUT2D eigenvalue weighted by Gasteiger charge is -2.24. The van der Waals surface area contributed by atoms with Gasteiger partial charge in [-0.1, -0.05) is 48.5 Å². The van der Waals surface area contributed by atoms with Gasteiger partial charge in [0.15, 0.2) is 0 Å². The van der Waals surface area contributed by atoms with Crippen LogP contribution < -0.4 is 10.2 Å². The van der Waals surface area contributed by atoms with Gasteiger partial charge in [-0.3, -0.25) is 14.5 Å². The molecule has 1 atom stereocenters. The minimum Gasteiger partial charge on any atom is -0.322 e. The normalized spacial score (nSPS) is 16.4. The van der Waals surface area contributed by atoms with Crippen molar-refractivity contribution < 1.29 is 9.59 Å². The number of para-hydroxylation sites is 1. The number of amides is 2. The first-order chi connectivity index (χ1) is 13.2. The molecule has 1 fully saturated rings. The molecular formula is C22H18N2O2S. The Morgan fingerprint density at radius 2 is 1.52 bits per heavy atom. The molecule has 2 amide bonds. The summed E-state index contributed by atoms with van der Waals surface area (Å²) in [6.45, 7) is 0. The van der Waals surface area contributed by atoms with Crippen molar-refractivity contribution >= 4 is 35.0 Å². The van der Waals surface area contributed by atoms with E-state index in [0.29, 0.717) is 11.3 Å². The Morgan fingerprint density at radius 1 is 0.889 bits per heavy atom. The topological polar surface area (TPSA) is 49.4 Å². The van der Waals surface area contributed by atoms with Gasteiger partial charge in [0, 0.05) is 16.9 Å². The molecule has 0 bridgehead atoms. The van der Waals surface area contributed by atoms with Crippen LogP contribution in [-0.2, 0) is 4.79 Å². The minimum atomic E-state index is -0.139. The first-order valence-corrected chi connectivity index (χ1v) is 9.72. The van der Waals surface area contributed by atoms with E-state index in [1.165, 1.54) is 0 Å². The van der Waals surface area contributed by atoms with Gasteiger partial charge in [-0.2, -0.15) is 0 Å². The minimum absolute atomic E-state index is 0.0567. The van der Waals surface area contributed by atoms with Crippen LogP contribution in [0.5, 0.6) is 0 Å². The fourth-order valence-corrected chi connectivity index (χ4v) is 4.24. The molecule has 0 radical (unpaired) electrons. The predicted molar refractivity (Wildman–Crippen MR) is 110 cm³/mol. The van der Waals surface area contributed by atoms with Crippen molar-refractivity contribution in [2.45, 2.75) is 5.37 Å². The fraction of sp³-hybridized carbons (Fsp3) is 0.0909. The molecule has 1 aliphatic heterocycles. The zero-order chi connectivity index (χ0) is 18.6. The van der Waals surface area contributed by atoms with Crippen LogP contribution in [0.15, 0.2) is 84.9 Å². The van der Waals surface area contributed by atoms with E-state index in [0.717, 1.165) is 16.9 Å². The number of rotatable bonds is 4. The summed E-state index contributed by atoms with van der Waals surface area (Å²) in [6.07, 6.45) is 0. The third kappa shape index (κ3) is 3.73. The molecule has 4 rings (SSSR count). The lowest BCUT2D eigenvalue weighted by Crippen LogP contribution is -2.27. The second-order valence-electron chi connectivity index (χ2n) is 6.20. The number of carbonyl (C=O) groups excluding carboxylic acids is 2. The van der Waals surface area contributed by atoms with E-state index in [9.17, 15) is 9.59 Å². The van der Waals surface area contributed by atoms with Gasteiger partial charge in [0.05, 0.1) is 5.75 Å². The lowest BCUT2D eigenvalue weighted by atomic mass is 10.1. The molecule has 1 heterocycles. The van der Waals surface area contributed by atoms with Crippen LogP contribution >= 0.6 is 11.8 Å². The first kappa shape index (κ1) is 17.4. The van der Waals surface area contributed by atoms with Crippen LogP contribution in [0, 0.1) is 0 Å². The number of thioether (sulfide) groups is 1. The smallest absolute Gasteiger partial charge is 0.255 e. The monoisotopic (exact) mass is 374 g/mol. The number of nitrogens with one attached hydrogen (secondary N) is 1. The molecule has 1 saturated heterocycles. The fourth-order valence-electron chi connectivity index (χ4n) is 3.06. The molecule has 0 saturated carbocycles. The summed E-state index contributed by atoms with van der Waals surface area (Å²) in [5.41, 5.74) is 3.29. The number of nitrogens with zero attached hydrogens (tertiary/aromatic N) is 1. The van der Waals surface area contributed by atoms with E-state index < -0.39 is 0 Å². The zero-order valence-electron chi connectivity index (χ0n) is 14.5. The molecule has 0 spiro atoms. The molecular weight excluding hydrogens is 356 g/mol. The van der Waals surface area contributed by atoms with Crippen LogP contribution in [0.2, 0.25) is 0 Å². The molecule has 3 aromatic rings. The van der Waals surface area contributed by atoms with Gasteiger partial charge < -0.3 is 5.32 Å². The van der Waals surface area contributed by atoms with Gasteiger partial charge in [0.2, 0.25) is 5.91 Å². The first-order valence-electron chi connectivity index (χ1n) is 8.67. The van der Waals surface area contributed by atoms with Gasteiger partial charge in [-0.05, 0) is 42.0 Å². The predicted octanol–water partition coefficient (Wildman–Crippen LogP) is 4.72. The SMILES string of the molecule is O=C(Nc1ccc([C@@H]2SCC(=O)N2c2ccccc2)cc1)c1ccccc1. The maximum absolute atomic E-state index is 12.4. The van der Waals surface area contributed by atoms with Gasteiger partial charge in [-0.15, -0.1) is 11.8 Å². The van der Waals surface area contributed by atoms with Crippen LogP contribution in [0.1, 0.15) is 21.3 Å². The van der Waals surface area contributed by atoms with Crippen molar-refractivity contribution in [3.8, 4) is 0 Å². The number of anilines is 2. The molecule has 0 aromatic heterocycles. The van der Waals surface area contributed by atoms with Crippen LogP contribution in [-0.4, -0.2) is 17.6 Å². The Labute approximate surface area is 162 Å². The Hall–Kier alpha value is -3.05. The standard InChI is InChI=1S/C22H18N2O2S/c25-20-15-27-22(24(20)19-9-5-2-6-10-19)17-11-13-18(14-12-17)23-21(26)16-7-3-1-4-8-16/h1-14,22H,15H2,(H,23,26)/t22-/m0/s1. The Morgan fingerprint density at radius 3 is 2.19 bits per heavy atom. The molecule has 1 N–H and O–H groups in total. The molecule has 1 aliphatic rings. The van der Waals surface area contributed by atoms with Crippen molar-refractivity contribution in [2.24, 2.45) is 0 Å². The number of carbonyl (C=O) groups is 2. The molecule has 5 heteroatoms. The van der Waals surface area contributed by atoms with Crippen molar-refractivity contribution in [2.75, 3.05) is 16.0 Å². The highest BCUT2D eigenvalue weighted by Crippen LogP contribution is 2.41. The number of hydrogen-bond acceptors (Lipinski definition) is 3. The highest BCUT2D eigenvalue weighted by atomic mass is 32.2. The van der Waals surface area contributed by atoms with Gasteiger partial charge in [0.25, 0.3) is 5.91 Å². The second kappa shape index (κ2) is 7.68. The van der Waals surface area contributed by atoms with Crippen molar-refractivity contribution in [1.82, 2.24) is 0 Å². The highest BCUT2D eigenvalue weighted by molar-refractivity contribution is 8.00. The van der Waals surface area contributed by atoms with Crippen LogP contribution in [0.25, 0.3) is 0 Å². The van der Waals surface area contributed by atoms with E-state index >= 15 is 0 Å². The van der Waals surface area contributed by atoms with Crippen LogP contribution in [0.4, 0.5) is 11.4 Å². The van der Waals surface area contributed by atoms with Crippen molar-refractivity contribution in [3.63, 3.8) is 0 Å². The van der Waals surface area contributed by atoms with Crippen molar-refractivity contribution in [1.29, 1.82) is 0 Å². The molecule has 27 heavy (non-hydrogen) atoms. The quantitative estimate of drug-likeness (QED) is 0.719. The van der Waals surface area contributed by atoms with Gasteiger partial charge in [-0.25, -0.2) is 0 Å². The highest BCUT2D eigenvalue weighted by Gasteiger charge is 2.33. The lowest BCUT2D eigenvalue weighted by molar-refractivity contribution is -0.115. The average Bonchev–Trinajstić information content (AvgIpc) is 3.11. The molecule has 0 aliphatic carbocycles. The van der Waals surface area contributed by atoms with E-state index in [4.69, 9.17) is 0 Å². The van der Waals surface area contributed by atoms with Gasteiger partial charge in [0.1, 0.15) is 5.37 Å². The second-order valence-corrected chi connectivity index (χ2v) is 7.27. The van der Waals surface area contributed by atoms with Crippen LogP contribution in [0.3, 0.4) is 0 Å². The number of hydrogen-bond donors (Lipinski definition) is 1. The maximum Gasteiger partial charge on any atom is 0.255 e. The largest absolute Gasteiger partial charge is 0.322 e. The van der Waals surface area contributed by atoms with E-state index in [2.05, 4.69) is 5.32 Å². The summed E-state index contributed by atoms with van der Waals surface area (Å²) in [7, 11) is 0. The zero-order valence-corrected chi connectivity index (χ0v) is 15.4.